The second-order valence-corrected chi connectivity index (χ2v) is 6.77. The Morgan fingerprint density at radius 3 is 2.56 bits per heavy atom. The van der Waals surface area contributed by atoms with Crippen LogP contribution in [-0.2, 0) is 17.9 Å². The van der Waals surface area contributed by atoms with Gasteiger partial charge in [-0.25, -0.2) is 0 Å². The highest BCUT2D eigenvalue weighted by Gasteiger charge is 2.09. The summed E-state index contributed by atoms with van der Waals surface area (Å²) < 4.78 is 11.1. The van der Waals surface area contributed by atoms with Crippen molar-refractivity contribution in [2.75, 3.05) is 40.9 Å². The van der Waals surface area contributed by atoms with Crippen molar-refractivity contribution in [3.8, 4) is 11.5 Å². The molecule has 6 nitrogen and oxygen atoms in total. The van der Waals surface area contributed by atoms with Crippen LogP contribution >= 0.6 is 0 Å². The summed E-state index contributed by atoms with van der Waals surface area (Å²) in [5, 5.41) is 5.13. The second-order valence-electron chi connectivity index (χ2n) is 6.77. The van der Waals surface area contributed by atoms with Crippen LogP contribution in [0.4, 0.5) is 0 Å². The van der Waals surface area contributed by atoms with Gasteiger partial charge in [0.15, 0.2) is 18.1 Å². The third-order valence-corrected chi connectivity index (χ3v) is 4.15. The minimum atomic E-state index is -0.162. The zero-order valence-electron chi connectivity index (χ0n) is 16.5. The van der Waals surface area contributed by atoms with Gasteiger partial charge in [0, 0.05) is 12.1 Å². The quantitative estimate of drug-likeness (QED) is 0.470. The Bertz CT molecular complexity index is 705. The predicted octanol–water partition coefficient (Wildman–Crippen LogP) is -0.402. The molecule has 0 radical (unpaired) electrons. The maximum absolute atomic E-state index is 12.0. The van der Waals surface area contributed by atoms with Gasteiger partial charge in [0.25, 0.3) is 5.91 Å². The Hall–Kier alpha value is -2.57. The van der Waals surface area contributed by atoms with Crippen LogP contribution in [0.5, 0.6) is 11.5 Å². The molecule has 0 aromatic heterocycles. The molecule has 2 rings (SSSR count). The summed E-state index contributed by atoms with van der Waals surface area (Å²) in [5.41, 5.74) is 2.22. The molecule has 0 aliphatic carbocycles. The highest BCUT2D eigenvalue weighted by atomic mass is 16.5. The van der Waals surface area contributed by atoms with E-state index in [9.17, 15) is 4.79 Å². The number of methoxy groups -OCH3 is 1. The van der Waals surface area contributed by atoms with Crippen molar-refractivity contribution in [2.24, 2.45) is 0 Å². The monoisotopic (exact) mass is 373 g/mol. The Morgan fingerprint density at radius 1 is 1.07 bits per heavy atom. The number of ether oxygens (including phenoxy) is 2. The molecule has 0 unspecified atom stereocenters. The van der Waals surface area contributed by atoms with Crippen LogP contribution in [0.25, 0.3) is 0 Å². The topological polar surface area (TPSA) is 68.6 Å². The first-order valence-electron chi connectivity index (χ1n) is 9.29. The zero-order chi connectivity index (χ0) is 19.5. The molecule has 0 aliphatic heterocycles. The molecule has 0 spiro atoms. The van der Waals surface area contributed by atoms with Gasteiger partial charge in [0.2, 0.25) is 0 Å². The van der Waals surface area contributed by atoms with E-state index >= 15 is 0 Å². The van der Waals surface area contributed by atoms with Crippen molar-refractivity contribution in [3.05, 3.63) is 59.7 Å². The summed E-state index contributed by atoms with van der Waals surface area (Å²) in [5.74, 6) is 1.06. The lowest BCUT2D eigenvalue weighted by Crippen LogP contribution is -3.09. The molecule has 0 bridgehead atoms. The van der Waals surface area contributed by atoms with E-state index in [0.717, 1.165) is 25.2 Å². The van der Waals surface area contributed by atoms with Crippen molar-refractivity contribution in [1.29, 1.82) is 0 Å². The Morgan fingerprint density at radius 2 is 1.85 bits per heavy atom. The van der Waals surface area contributed by atoms with E-state index in [2.05, 4.69) is 24.7 Å². The largest absolute Gasteiger partial charge is 0.493 e. The van der Waals surface area contributed by atoms with E-state index in [1.807, 2.05) is 48.5 Å². The molecule has 0 heterocycles. The van der Waals surface area contributed by atoms with Crippen LogP contribution in [-0.4, -0.2) is 46.8 Å². The van der Waals surface area contributed by atoms with Crippen LogP contribution in [0.15, 0.2) is 48.5 Å². The lowest BCUT2D eigenvalue weighted by Gasteiger charge is -2.12. The molecule has 4 N–H and O–H groups in total. The molecular formula is C21H31N3O3+2. The number of amides is 1. The molecular weight excluding hydrogens is 342 g/mol. The van der Waals surface area contributed by atoms with Gasteiger partial charge < -0.3 is 25.0 Å². The molecule has 0 fully saturated rings. The third kappa shape index (κ3) is 7.68. The van der Waals surface area contributed by atoms with Crippen molar-refractivity contribution >= 4 is 5.91 Å². The predicted molar refractivity (Wildman–Crippen MR) is 105 cm³/mol. The van der Waals surface area contributed by atoms with Crippen molar-refractivity contribution in [3.63, 3.8) is 0 Å². The Labute approximate surface area is 161 Å². The molecule has 146 valence electrons. The molecule has 27 heavy (non-hydrogen) atoms. The standard InChI is InChI=1S/C21H29N3O3/c1-24(2)12-11-22-14-18-9-10-19(20(13-18)26-3)27-16-21(25)23-15-17-7-5-4-6-8-17/h4-10,13,22H,11-12,14-16H2,1-3H3,(H,23,25)/p+2. The van der Waals surface area contributed by atoms with Gasteiger partial charge >= 0.3 is 0 Å². The zero-order valence-corrected chi connectivity index (χ0v) is 16.5. The first-order chi connectivity index (χ1) is 13.1. The minimum Gasteiger partial charge on any atom is -0.493 e. The Balaban J connectivity index is 1.80. The molecule has 1 amide bonds. The molecule has 0 aliphatic rings. The maximum Gasteiger partial charge on any atom is 0.258 e. The van der Waals surface area contributed by atoms with Crippen LogP contribution < -0.4 is 25.0 Å². The number of benzene rings is 2. The number of rotatable bonds is 11. The maximum atomic E-state index is 12.0. The van der Waals surface area contributed by atoms with E-state index in [0.29, 0.717) is 18.0 Å². The fourth-order valence-corrected chi connectivity index (χ4v) is 2.61. The molecule has 6 heteroatoms. The normalized spacial score (nSPS) is 10.7. The Kier molecular flexibility index (Phi) is 8.61. The summed E-state index contributed by atoms with van der Waals surface area (Å²) in [4.78, 5) is 13.4. The molecule has 0 saturated heterocycles. The number of hydrogen-bond acceptors (Lipinski definition) is 3. The van der Waals surface area contributed by atoms with E-state index in [-0.39, 0.29) is 12.5 Å². The molecule has 0 saturated carbocycles. The number of nitrogens with two attached hydrogens (primary N) is 1. The van der Waals surface area contributed by atoms with E-state index in [1.165, 1.54) is 10.5 Å². The van der Waals surface area contributed by atoms with Gasteiger partial charge in [-0.3, -0.25) is 4.79 Å². The van der Waals surface area contributed by atoms with Crippen molar-refractivity contribution in [1.82, 2.24) is 5.32 Å². The number of carbonyl (C=O) groups excluding carboxylic acids is 1. The summed E-state index contributed by atoms with van der Waals surface area (Å²) in [6.07, 6.45) is 0. The smallest absolute Gasteiger partial charge is 0.258 e. The molecule has 2 aromatic rings. The highest BCUT2D eigenvalue weighted by molar-refractivity contribution is 5.77. The third-order valence-electron chi connectivity index (χ3n) is 4.15. The SMILES string of the molecule is COc1cc(C[NH2+]CC[NH+](C)C)ccc1OCC(=O)NCc1ccccc1. The summed E-state index contributed by atoms with van der Waals surface area (Å²) in [6.45, 7) is 3.53. The lowest BCUT2D eigenvalue weighted by molar-refractivity contribution is -0.875. The van der Waals surface area contributed by atoms with E-state index < -0.39 is 0 Å². The first-order valence-corrected chi connectivity index (χ1v) is 9.29. The number of hydrogen-bond donors (Lipinski definition) is 3. The van der Waals surface area contributed by atoms with Gasteiger partial charge in [-0.05, 0) is 23.8 Å². The van der Waals surface area contributed by atoms with Gasteiger partial charge in [-0.1, -0.05) is 30.3 Å². The van der Waals surface area contributed by atoms with Crippen molar-refractivity contribution < 1.29 is 24.5 Å². The van der Waals surface area contributed by atoms with Crippen LogP contribution in [0.3, 0.4) is 0 Å². The van der Waals surface area contributed by atoms with Crippen molar-refractivity contribution in [2.45, 2.75) is 13.1 Å². The number of quaternary nitrogens is 2. The van der Waals surface area contributed by atoms with Crippen LogP contribution in [0.2, 0.25) is 0 Å². The molecule has 2 aromatic carbocycles. The van der Waals surface area contributed by atoms with E-state index in [1.54, 1.807) is 7.11 Å². The average molecular weight is 373 g/mol. The van der Waals surface area contributed by atoms with Crippen LogP contribution in [0.1, 0.15) is 11.1 Å². The molecule has 0 atom stereocenters. The first kappa shape index (κ1) is 20.7. The minimum absolute atomic E-state index is 0.0414. The summed E-state index contributed by atoms with van der Waals surface area (Å²) >= 11 is 0. The summed E-state index contributed by atoms with van der Waals surface area (Å²) in [7, 11) is 5.92. The summed E-state index contributed by atoms with van der Waals surface area (Å²) in [6, 6.07) is 15.6. The fourth-order valence-electron chi connectivity index (χ4n) is 2.61. The second kappa shape index (κ2) is 11.2. The fraction of sp³-hybridized carbons (Fsp3) is 0.381. The highest BCUT2D eigenvalue weighted by Crippen LogP contribution is 2.27. The average Bonchev–Trinajstić information content (AvgIpc) is 2.69. The number of likely N-dealkylation sites (N-methyl/N-ethyl adjacent to an activating group) is 1. The van der Waals surface area contributed by atoms with Gasteiger partial charge in [0.05, 0.1) is 21.2 Å². The lowest BCUT2D eigenvalue weighted by atomic mass is 10.2. The van der Waals surface area contributed by atoms with Gasteiger partial charge in [-0.2, -0.15) is 0 Å². The van der Waals surface area contributed by atoms with Gasteiger partial charge in [0.1, 0.15) is 19.6 Å². The van der Waals surface area contributed by atoms with E-state index in [4.69, 9.17) is 9.47 Å². The number of carbonyl (C=O) groups is 1. The number of nitrogens with one attached hydrogen (secondary N) is 2. The van der Waals surface area contributed by atoms with Crippen LogP contribution in [0, 0.1) is 0 Å². The van der Waals surface area contributed by atoms with Gasteiger partial charge in [-0.15, -0.1) is 0 Å².